The predicted molar refractivity (Wildman–Crippen MR) is 81.6 cm³/mol. The maximum absolute atomic E-state index is 13.0. The maximum Gasteiger partial charge on any atom is 0.241 e. The van der Waals surface area contributed by atoms with Crippen molar-refractivity contribution in [2.45, 2.75) is 25.3 Å². The lowest BCUT2D eigenvalue weighted by atomic mass is 10.1. The van der Waals surface area contributed by atoms with Crippen LogP contribution in [0.2, 0.25) is 0 Å². The Morgan fingerprint density at radius 2 is 2.08 bits per heavy atom. The van der Waals surface area contributed by atoms with E-state index in [1.54, 1.807) is 24.0 Å². The lowest BCUT2D eigenvalue weighted by Crippen LogP contribution is -2.44. The molecule has 4 rings (SSSR count). The summed E-state index contributed by atoms with van der Waals surface area (Å²) in [6, 6.07) is 6.06. The summed E-state index contributed by atoms with van der Waals surface area (Å²) in [6.45, 7) is 3.10. The second kappa shape index (κ2) is 5.98. The Balaban J connectivity index is 1.49. The van der Waals surface area contributed by atoms with Gasteiger partial charge >= 0.3 is 0 Å². The van der Waals surface area contributed by atoms with Crippen molar-refractivity contribution in [3.05, 3.63) is 47.4 Å². The molecule has 1 aliphatic heterocycles. The molecule has 6 nitrogen and oxygen atoms in total. The molecule has 1 amide bonds. The van der Waals surface area contributed by atoms with Gasteiger partial charge in [0.05, 0.1) is 13.2 Å². The fourth-order valence-corrected chi connectivity index (χ4v) is 3.28. The summed E-state index contributed by atoms with van der Waals surface area (Å²) in [5.41, 5.74) is 1.01. The second-order valence-corrected chi connectivity index (χ2v) is 6.28. The van der Waals surface area contributed by atoms with Gasteiger partial charge in [0.25, 0.3) is 0 Å². The zero-order valence-electron chi connectivity index (χ0n) is 13.3. The van der Waals surface area contributed by atoms with E-state index in [1.807, 2.05) is 0 Å². The summed E-state index contributed by atoms with van der Waals surface area (Å²) in [4.78, 5) is 14.7. The van der Waals surface area contributed by atoms with Crippen LogP contribution < -0.4 is 0 Å². The van der Waals surface area contributed by atoms with E-state index in [2.05, 4.69) is 10.2 Å². The molecule has 2 heterocycles. The van der Waals surface area contributed by atoms with Crippen LogP contribution in [0.4, 0.5) is 4.39 Å². The normalized spacial score (nSPS) is 26.4. The lowest BCUT2D eigenvalue weighted by Gasteiger charge is -2.33. The number of benzene rings is 1. The minimum atomic E-state index is -0.332. The molecule has 2 aliphatic rings. The highest BCUT2D eigenvalue weighted by molar-refractivity contribution is 5.83. The molecular weight excluding hydrogens is 313 g/mol. The number of ether oxygens (including phenoxy) is 1. The van der Waals surface area contributed by atoms with Gasteiger partial charge in [0.15, 0.2) is 0 Å². The van der Waals surface area contributed by atoms with Gasteiger partial charge in [-0.3, -0.25) is 4.79 Å². The van der Waals surface area contributed by atoms with Gasteiger partial charge in [-0.2, -0.15) is 0 Å². The molecule has 0 N–H and O–H groups in total. The number of aryl methyl sites for hydroxylation is 1. The predicted octanol–water partition coefficient (Wildman–Crippen LogP) is 2.22. The third-order valence-electron chi connectivity index (χ3n) is 4.64. The summed E-state index contributed by atoms with van der Waals surface area (Å²) in [5.74, 6) is 0.792. The highest BCUT2D eigenvalue weighted by Crippen LogP contribution is 2.49. The van der Waals surface area contributed by atoms with E-state index < -0.39 is 0 Å². The third kappa shape index (κ3) is 2.80. The average molecular weight is 331 g/mol. The first-order chi connectivity index (χ1) is 11.6. The van der Waals surface area contributed by atoms with Gasteiger partial charge in [-0.1, -0.05) is 12.1 Å². The first-order valence-corrected chi connectivity index (χ1v) is 8.07. The SMILES string of the molecule is Cc1nnc([C@@H]2COCCN2C(=O)[C@@H]2C[C@@H]2c2ccc(F)cc2)o1. The molecule has 1 saturated carbocycles. The van der Waals surface area contributed by atoms with Crippen molar-refractivity contribution in [2.75, 3.05) is 19.8 Å². The fourth-order valence-electron chi connectivity index (χ4n) is 3.28. The Morgan fingerprint density at radius 3 is 2.79 bits per heavy atom. The topological polar surface area (TPSA) is 68.5 Å². The van der Waals surface area contributed by atoms with Gasteiger partial charge in [0.2, 0.25) is 17.7 Å². The van der Waals surface area contributed by atoms with Crippen molar-refractivity contribution in [3.8, 4) is 0 Å². The Morgan fingerprint density at radius 1 is 1.29 bits per heavy atom. The third-order valence-corrected chi connectivity index (χ3v) is 4.64. The van der Waals surface area contributed by atoms with E-state index in [-0.39, 0.29) is 29.6 Å². The number of carbonyl (C=O) groups is 1. The Hall–Kier alpha value is -2.28. The van der Waals surface area contributed by atoms with E-state index in [0.29, 0.717) is 31.5 Å². The molecule has 126 valence electrons. The van der Waals surface area contributed by atoms with Crippen LogP contribution in [0.15, 0.2) is 28.7 Å². The van der Waals surface area contributed by atoms with Gasteiger partial charge < -0.3 is 14.1 Å². The largest absolute Gasteiger partial charge is 0.423 e. The summed E-state index contributed by atoms with van der Waals surface area (Å²) in [6.07, 6.45) is 0.789. The number of hydrogen-bond donors (Lipinski definition) is 0. The molecule has 1 aromatic heterocycles. The summed E-state index contributed by atoms with van der Waals surface area (Å²) < 4.78 is 24.0. The van der Waals surface area contributed by atoms with Crippen molar-refractivity contribution in [3.63, 3.8) is 0 Å². The van der Waals surface area contributed by atoms with Gasteiger partial charge in [-0.15, -0.1) is 10.2 Å². The van der Waals surface area contributed by atoms with Gasteiger partial charge in [-0.05, 0) is 30.0 Å². The molecule has 0 bridgehead atoms. The second-order valence-electron chi connectivity index (χ2n) is 6.28. The minimum absolute atomic E-state index is 0.0694. The van der Waals surface area contributed by atoms with E-state index in [9.17, 15) is 9.18 Å². The fraction of sp³-hybridized carbons (Fsp3) is 0.471. The molecule has 0 radical (unpaired) electrons. The molecule has 1 aliphatic carbocycles. The molecular formula is C17H18FN3O3. The Kier molecular flexibility index (Phi) is 3.80. The molecule has 1 saturated heterocycles. The van der Waals surface area contributed by atoms with E-state index in [1.165, 1.54) is 12.1 Å². The number of morpholine rings is 1. The molecule has 0 spiro atoms. The van der Waals surface area contributed by atoms with Crippen molar-refractivity contribution in [1.82, 2.24) is 15.1 Å². The highest BCUT2D eigenvalue weighted by atomic mass is 19.1. The molecule has 24 heavy (non-hydrogen) atoms. The number of nitrogens with zero attached hydrogens (tertiary/aromatic N) is 3. The van der Waals surface area contributed by atoms with Crippen LogP contribution >= 0.6 is 0 Å². The number of aromatic nitrogens is 2. The van der Waals surface area contributed by atoms with Gasteiger partial charge in [0.1, 0.15) is 11.9 Å². The van der Waals surface area contributed by atoms with Gasteiger partial charge in [-0.25, -0.2) is 4.39 Å². The molecule has 2 fully saturated rings. The van der Waals surface area contributed by atoms with Crippen molar-refractivity contribution in [1.29, 1.82) is 0 Å². The van der Waals surface area contributed by atoms with Crippen LogP contribution in [0, 0.1) is 18.7 Å². The lowest BCUT2D eigenvalue weighted by molar-refractivity contribution is -0.142. The van der Waals surface area contributed by atoms with Gasteiger partial charge in [0, 0.05) is 19.4 Å². The average Bonchev–Trinajstić information content (AvgIpc) is 3.28. The van der Waals surface area contributed by atoms with Crippen LogP contribution in [0.3, 0.4) is 0 Å². The smallest absolute Gasteiger partial charge is 0.241 e. The van der Waals surface area contributed by atoms with Crippen LogP contribution in [0.5, 0.6) is 0 Å². The zero-order valence-corrected chi connectivity index (χ0v) is 13.3. The summed E-state index contributed by atoms with van der Waals surface area (Å²) in [5, 5.41) is 7.88. The molecule has 0 unspecified atom stereocenters. The Bertz CT molecular complexity index is 746. The minimum Gasteiger partial charge on any atom is -0.423 e. The maximum atomic E-state index is 13.0. The first-order valence-electron chi connectivity index (χ1n) is 8.07. The zero-order chi connectivity index (χ0) is 16.7. The van der Waals surface area contributed by atoms with E-state index in [4.69, 9.17) is 9.15 Å². The van der Waals surface area contributed by atoms with Crippen molar-refractivity contribution in [2.24, 2.45) is 5.92 Å². The molecule has 1 aromatic carbocycles. The highest BCUT2D eigenvalue weighted by Gasteiger charge is 2.48. The summed E-state index contributed by atoms with van der Waals surface area (Å²) in [7, 11) is 0. The van der Waals surface area contributed by atoms with Crippen molar-refractivity contribution < 1.29 is 18.3 Å². The van der Waals surface area contributed by atoms with Crippen LogP contribution in [0.1, 0.15) is 35.7 Å². The Labute approximate surface area is 138 Å². The molecule has 3 atom stereocenters. The molecule has 2 aromatic rings. The number of rotatable bonds is 3. The van der Waals surface area contributed by atoms with Crippen LogP contribution in [0.25, 0.3) is 0 Å². The molecule has 7 heteroatoms. The quantitative estimate of drug-likeness (QED) is 0.863. The number of hydrogen-bond acceptors (Lipinski definition) is 5. The van der Waals surface area contributed by atoms with Crippen LogP contribution in [-0.4, -0.2) is 40.8 Å². The monoisotopic (exact) mass is 331 g/mol. The van der Waals surface area contributed by atoms with E-state index in [0.717, 1.165) is 12.0 Å². The number of carbonyl (C=O) groups excluding carboxylic acids is 1. The first kappa shape index (κ1) is 15.3. The van der Waals surface area contributed by atoms with Crippen molar-refractivity contribution >= 4 is 5.91 Å². The van der Waals surface area contributed by atoms with E-state index >= 15 is 0 Å². The number of amides is 1. The standard InChI is InChI=1S/C17H18FN3O3/c1-10-19-20-16(24-10)15-9-23-7-6-21(15)17(22)14-8-13(14)11-2-4-12(18)5-3-11/h2-5,13-15H,6-9H2,1H3/t13-,14-,15+/m1/s1. The van der Waals surface area contributed by atoms with Crippen LogP contribution in [-0.2, 0) is 9.53 Å². The summed E-state index contributed by atoms with van der Waals surface area (Å²) >= 11 is 0. The number of halogens is 1.